The number of fused-ring (bicyclic) bond motifs is 1. The second kappa shape index (κ2) is 7.31. The van der Waals surface area contributed by atoms with Crippen LogP contribution < -0.4 is 15.0 Å². The van der Waals surface area contributed by atoms with E-state index in [-0.39, 0.29) is 5.56 Å². The van der Waals surface area contributed by atoms with Crippen molar-refractivity contribution in [3.63, 3.8) is 0 Å². The molecule has 0 spiro atoms. The van der Waals surface area contributed by atoms with Crippen molar-refractivity contribution in [1.29, 1.82) is 0 Å². The molecule has 28 heavy (non-hydrogen) atoms. The predicted octanol–water partition coefficient (Wildman–Crippen LogP) is 3.29. The third kappa shape index (κ3) is 3.62. The lowest BCUT2D eigenvalue weighted by Gasteiger charge is -2.15. The van der Waals surface area contributed by atoms with Crippen molar-refractivity contribution < 1.29 is 13.9 Å². The molecule has 148 valence electrons. The quantitative estimate of drug-likeness (QED) is 0.674. The molecule has 2 heterocycles. The maximum absolute atomic E-state index is 12.5. The number of benzene rings is 1. The largest absolute Gasteiger partial charge is 0.493 e. The van der Waals surface area contributed by atoms with Crippen molar-refractivity contribution in [1.82, 2.24) is 14.9 Å². The first-order valence-electron chi connectivity index (χ1n) is 9.40. The topological polar surface area (TPSA) is 80.6 Å². The highest BCUT2D eigenvalue weighted by Crippen LogP contribution is 2.47. The molecule has 7 nitrogen and oxygen atoms in total. The number of rotatable bonds is 7. The number of nitrogens with one attached hydrogen (secondary N) is 1. The standard InChI is InChI=1S/C21H25N3O4/c1-12-7-14(12)17-6-5-13(28-17)10-24(2)11-20-22-16-9-19(27-4)18(26-3)8-15(16)21(25)23-20/h5-6,8-9,12,14H,7,10-11H2,1-4H3,(H,22,23,25). The lowest BCUT2D eigenvalue weighted by atomic mass is 10.2. The van der Waals surface area contributed by atoms with Crippen molar-refractivity contribution >= 4 is 10.9 Å². The van der Waals surface area contributed by atoms with Crippen molar-refractivity contribution in [2.24, 2.45) is 5.92 Å². The van der Waals surface area contributed by atoms with E-state index in [1.54, 1.807) is 26.4 Å². The van der Waals surface area contributed by atoms with E-state index in [2.05, 4.69) is 27.9 Å². The van der Waals surface area contributed by atoms with Crippen LogP contribution in [0.15, 0.2) is 33.5 Å². The molecule has 1 aromatic carbocycles. The molecule has 2 unspecified atom stereocenters. The van der Waals surface area contributed by atoms with Crippen LogP contribution in [0.4, 0.5) is 0 Å². The van der Waals surface area contributed by atoms with Crippen LogP contribution in [-0.2, 0) is 13.1 Å². The first kappa shape index (κ1) is 18.6. The normalized spacial score (nSPS) is 18.6. The third-order valence-corrected chi connectivity index (χ3v) is 5.26. The zero-order valence-corrected chi connectivity index (χ0v) is 16.6. The summed E-state index contributed by atoms with van der Waals surface area (Å²) in [6.45, 7) is 3.38. The van der Waals surface area contributed by atoms with Crippen molar-refractivity contribution in [3.8, 4) is 11.5 Å². The summed E-state index contributed by atoms with van der Waals surface area (Å²) in [7, 11) is 5.07. The van der Waals surface area contributed by atoms with Gasteiger partial charge in [0.1, 0.15) is 17.3 Å². The molecule has 1 N–H and O–H groups in total. The van der Waals surface area contributed by atoms with Crippen LogP contribution >= 0.6 is 0 Å². The van der Waals surface area contributed by atoms with Crippen molar-refractivity contribution in [2.45, 2.75) is 32.4 Å². The van der Waals surface area contributed by atoms with Crippen molar-refractivity contribution in [2.75, 3.05) is 21.3 Å². The molecule has 0 aliphatic heterocycles. The Morgan fingerprint density at radius 2 is 1.93 bits per heavy atom. The Morgan fingerprint density at radius 3 is 2.61 bits per heavy atom. The van der Waals surface area contributed by atoms with Crippen LogP contribution in [0.1, 0.15) is 36.6 Å². The van der Waals surface area contributed by atoms with E-state index in [0.717, 1.165) is 17.4 Å². The molecule has 0 saturated heterocycles. The molecule has 1 aliphatic rings. The number of furan rings is 1. The minimum Gasteiger partial charge on any atom is -0.493 e. The fraction of sp³-hybridized carbons (Fsp3) is 0.429. The van der Waals surface area contributed by atoms with Gasteiger partial charge in [-0.2, -0.15) is 0 Å². The van der Waals surface area contributed by atoms with E-state index in [4.69, 9.17) is 13.9 Å². The molecule has 1 aliphatic carbocycles. The minimum atomic E-state index is -0.197. The van der Waals surface area contributed by atoms with Gasteiger partial charge in [-0.1, -0.05) is 6.92 Å². The summed E-state index contributed by atoms with van der Waals surface area (Å²) in [6.07, 6.45) is 1.21. The summed E-state index contributed by atoms with van der Waals surface area (Å²) < 4.78 is 16.6. The Kier molecular flexibility index (Phi) is 4.85. The SMILES string of the molecule is COc1cc2nc(CN(C)Cc3ccc(C4CC4C)o3)[nH]c(=O)c2cc1OC. The highest BCUT2D eigenvalue weighted by Gasteiger charge is 2.36. The predicted molar refractivity (Wildman–Crippen MR) is 106 cm³/mol. The van der Waals surface area contributed by atoms with Crippen LogP contribution in [0.2, 0.25) is 0 Å². The van der Waals surface area contributed by atoms with E-state index in [1.165, 1.54) is 6.42 Å². The van der Waals surface area contributed by atoms with Gasteiger partial charge in [0.05, 0.1) is 38.2 Å². The van der Waals surface area contributed by atoms with Gasteiger partial charge >= 0.3 is 0 Å². The molecule has 0 radical (unpaired) electrons. The maximum atomic E-state index is 12.5. The highest BCUT2D eigenvalue weighted by molar-refractivity contribution is 5.81. The summed E-state index contributed by atoms with van der Waals surface area (Å²) in [4.78, 5) is 22.0. The van der Waals surface area contributed by atoms with E-state index in [1.807, 2.05) is 13.1 Å². The zero-order valence-electron chi connectivity index (χ0n) is 16.6. The van der Waals surface area contributed by atoms with Gasteiger partial charge < -0.3 is 18.9 Å². The summed E-state index contributed by atoms with van der Waals surface area (Å²) >= 11 is 0. The van der Waals surface area contributed by atoms with Crippen LogP contribution in [0.25, 0.3) is 10.9 Å². The molecule has 2 atom stereocenters. The van der Waals surface area contributed by atoms with E-state index >= 15 is 0 Å². The first-order valence-corrected chi connectivity index (χ1v) is 9.40. The van der Waals surface area contributed by atoms with Gasteiger partial charge in [-0.05, 0) is 37.6 Å². The molecular formula is C21H25N3O4. The number of hydrogen-bond acceptors (Lipinski definition) is 6. The second-order valence-electron chi connectivity index (χ2n) is 7.53. The van der Waals surface area contributed by atoms with Crippen molar-refractivity contribution in [3.05, 3.63) is 52.0 Å². The monoisotopic (exact) mass is 383 g/mol. The zero-order chi connectivity index (χ0) is 19.8. The molecule has 1 fully saturated rings. The van der Waals surface area contributed by atoms with Crippen LogP contribution in [0, 0.1) is 5.92 Å². The molecule has 0 amide bonds. The number of hydrogen-bond donors (Lipinski definition) is 1. The summed E-state index contributed by atoms with van der Waals surface area (Å²) in [5.41, 5.74) is 0.380. The average Bonchev–Trinajstić information content (AvgIpc) is 3.22. The Morgan fingerprint density at radius 1 is 1.21 bits per heavy atom. The number of aromatic amines is 1. The Bertz CT molecular complexity index is 1060. The maximum Gasteiger partial charge on any atom is 0.258 e. The van der Waals surface area contributed by atoms with Gasteiger partial charge in [-0.3, -0.25) is 9.69 Å². The van der Waals surface area contributed by atoms with E-state index in [9.17, 15) is 4.79 Å². The average molecular weight is 383 g/mol. The van der Waals surface area contributed by atoms with Gasteiger partial charge in [0.25, 0.3) is 5.56 Å². The molecule has 7 heteroatoms. The van der Waals surface area contributed by atoms with E-state index in [0.29, 0.717) is 47.2 Å². The minimum absolute atomic E-state index is 0.197. The lowest BCUT2D eigenvalue weighted by molar-refractivity contribution is 0.277. The van der Waals surface area contributed by atoms with Gasteiger partial charge in [0.15, 0.2) is 11.5 Å². The fourth-order valence-electron chi connectivity index (χ4n) is 3.56. The van der Waals surface area contributed by atoms with Gasteiger partial charge in [0.2, 0.25) is 0 Å². The number of methoxy groups -OCH3 is 2. The smallest absolute Gasteiger partial charge is 0.258 e. The van der Waals surface area contributed by atoms with Gasteiger partial charge in [0, 0.05) is 12.0 Å². The van der Waals surface area contributed by atoms with Crippen LogP contribution in [0.5, 0.6) is 11.5 Å². The van der Waals surface area contributed by atoms with Crippen LogP contribution in [-0.4, -0.2) is 36.1 Å². The second-order valence-corrected chi connectivity index (χ2v) is 7.53. The number of ether oxygens (including phenoxy) is 2. The molecule has 0 bridgehead atoms. The number of nitrogens with zero attached hydrogens (tertiary/aromatic N) is 2. The molecule has 4 rings (SSSR count). The molecule has 1 saturated carbocycles. The highest BCUT2D eigenvalue weighted by atomic mass is 16.5. The Balaban J connectivity index is 1.52. The Labute approximate surface area is 163 Å². The fourth-order valence-corrected chi connectivity index (χ4v) is 3.56. The van der Waals surface area contributed by atoms with Crippen LogP contribution in [0.3, 0.4) is 0 Å². The Hall–Kier alpha value is -2.80. The summed E-state index contributed by atoms with van der Waals surface area (Å²) in [5.74, 6) is 4.94. The number of H-pyrrole nitrogens is 1. The first-order chi connectivity index (χ1) is 13.5. The molecular weight excluding hydrogens is 358 g/mol. The molecule has 2 aromatic heterocycles. The molecule has 3 aromatic rings. The number of aromatic nitrogens is 2. The van der Waals surface area contributed by atoms with Gasteiger partial charge in [-0.15, -0.1) is 0 Å². The summed E-state index contributed by atoms with van der Waals surface area (Å²) in [5, 5.41) is 0.471. The van der Waals surface area contributed by atoms with E-state index < -0.39 is 0 Å². The third-order valence-electron chi connectivity index (χ3n) is 5.26. The van der Waals surface area contributed by atoms with Gasteiger partial charge in [-0.25, -0.2) is 4.98 Å². The lowest BCUT2D eigenvalue weighted by Crippen LogP contribution is -2.21. The summed E-state index contributed by atoms with van der Waals surface area (Å²) in [6, 6.07) is 7.48.